The number of unbranched alkanes of at least 4 members (excludes halogenated alkanes) is 3. The topological polar surface area (TPSA) is 20.2 Å². The van der Waals surface area contributed by atoms with Gasteiger partial charge in [0, 0.05) is 15.5 Å². The van der Waals surface area contributed by atoms with Crippen LogP contribution in [0, 0.1) is 6.92 Å². The largest absolute Gasteiger partial charge is 0.394 e. The highest BCUT2D eigenvalue weighted by Crippen LogP contribution is 2.10. The van der Waals surface area contributed by atoms with Gasteiger partial charge in [0.1, 0.15) is 0 Å². The second-order valence-corrected chi connectivity index (χ2v) is 5.17. The molecule has 1 N–H and O–H groups in total. The number of rotatable bonds is 5. The Balaban J connectivity index is 3.04. The van der Waals surface area contributed by atoms with Crippen LogP contribution in [0.15, 0.2) is 0 Å². The summed E-state index contributed by atoms with van der Waals surface area (Å²) in [5.41, 5.74) is 0. The quantitative estimate of drug-likeness (QED) is 0.466. The highest BCUT2D eigenvalue weighted by molar-refractivity contribution is 6.14. The molecule has 1 radical (unpaired) electrons. The smallest absolute Gasteiger partial charge is 0.0453 e. The molecule has 0 fully saturated rings. The summed E-state index contributed by atoms with van der Waals surface area (Å²) in [5, 5.41) is 8.71. The maximum Gasteiger partial charge on any atom is 0.0453 e. The van der Waals surface area contributed by atoms with Crippen LogP contribution in [0.3, 0.4) is 0 Å². The van der Waals surface area contributed by atoms with Crippen LogP contribution in [-0.2, 0) is 0 Å². The first-order valence-corrected chi connectivity index (χ1v) is 5.14. The van der Waals surface area contributed by atoms with Crippen molar-refractivity contribution in [3.8, 4) is 0 Å². The third-order valence-electron chi connectivity index (χ3n) is 1.57. The lowest BCUT2D eigenvalue weighted by atomic mass is 10.1. The molecule has 0 saturated heterocycles. The van der Waals surface area contributed by atoms with Crippen molar-refractivity contribution in [2.24, 2.45) is 0 Å². The molecule has 1 atom stereocenters. The van der Waals surface area contributed by atoms with Gasteiger partial charge < -0.3 is 5.11 Å². The van der Waals surface area contributed by atoms with Gasteiger partial charge in [-0.2, -0.15) is 0 Å². The summed E-state index contributed by atoms with van der Waals surface area (Å²) in [4.78, 5) is 0. The molecular formula is C8H19OSi. The molecule has 0 aromatic heterocycles. The standard InChI is InChI=1S/C8H19OSi/c1-3-4-5-6-7-8(2,9)10/h9H,2-7H2,1,10H3. The molecular weight excluding hydrogens is 140 g/mol. The molecule has 0 aliphatic rings. The van der Waals surface area contributed by atoms with E-state index in [0.29, 0.717) is 0 Å². The lowest BCUT2D eigenvalue weighted by molar-refractivity contribution is 0.161. The molecule has 0 amide bonds. The molecule has 10 heavy (non-hydrogen) atoms. The molecule has 0 aromatic rings. The SMILES string of the molecule is [CH2]C(O)([SiH3])CCCCCC. The van der Waals surface area contributed by atoms with Crippen LogP contribution in [0.1, 0.15) is 39.0 Å². The molecule has 61 valence electrons. The zero-order valence-corrected chi connectivity index (χ0v) is 9.19. The Kier molecular flexibility index (Phi) is 5.00. The van der Waals surface area contributed by atoms with Gasteiger partial charge in [-0.25, -0.2) is 0 Å². The van der Waals surface area contributed by atoms with Crippen LogP contribution in [-0.4, -0.2) is 20.6 Å². The minimum Gasteiger partial charge on any atom is -0.394 e. The molecule has 0 bridgehead atoms. The van der Waals surface area contributed by atoms with Gasteiger partial charge in [0.05, 0.1) is 0 Å². The zero-order chi connectivity index (χ0) is 8.04. The van der Waals surface area contributed by atoms with E-state index in [-0.39, 0.29) is 0 Å². The van der Waals surface area contributed by atoms with E-state index in [9.17, 15) is 5.11 Å². The first-order chi connectivity index (χ1) is 4.56. The van der Waals surface area contributed by atoms with Gasteiger partial charge in [-0.05, 0) is 13.3 Å². The van der Waals surface area contributed by atoms with Gasteiger partial charge in [-0.15, -0.1) is 0 Å². The summed E-state index contributed by atoms with van der Waals surface area (Å²) >= 11 is 0. The van der Waals surface area contributed by atoms with E-state index >= 15 is 0 Å². The second-order valence-electron chi connectivity index (χ2n) is 3.31. The fourth-order valence-corrected chi connectivity index (χ4v) is 1.29. The average Bonchev–Trinajstić information content (AvgIpc) is 1.78. The lowest BCUT2D eigenvalue weighted by Crippen LogP contribution is -2.23. The molecule has 0 spiro atoms. The fourth-order valence-electron chi connectivity index (χ4n) is 0.933. The van der Waals surface area contributed by atoms with Gasteiger partial charge in [0.2, 0.25) is 0 Å². The van der Waals surface area contributed by atoms with E-state index in [4.69, 9.17) is 0 Å². The summed E-state index contributed by atoms with van der Waals surface area (Å²) in [5.74, 6) is 0. The van der Waals surface area contributed by atoms with Crippen LogP contribution < -0.4 is 0 Å². The minimum atomic E-state index is -0.562. The van der Waals surface area contributed by atoms with Crippen LogP contribution in [0.2, 0.25) is 0 Å². The molecule has 0 rings (SSSR count). The van der Waals surface area contributed by atoms with Gasteiger partial charge in [-0.3, -0.25) is 0 Å². The van der Waals surface area contributed by atoms with Crippen molar-refractivity contribution in [3.05, 3.63) is 6.92 Å². The Bertz CT molecular complexity index is 75.8. The maximum atomic E-state index is 9.27. The van der Waals surface area contributed by atoms with Gasteiger partial charge in [0.15, 0.2) is 0 Å². The van der Waals surface area contributed by atoms with Crippen molar-refractivity contribution in [3.63, 3.8) is 0 Å². The number of hydrogen-bond donors (Lipinski definition) is 1. The third-order valence-corrected chi connectivity index (χ3v) is 2.07. The molecule has 1 unspecified atom stereocenters. The fraction of sp³-hybridized carbons (Fsp3) is 0.875. The van der Waals surface area contributed by atoms with Gasteiger partial charge in [-0.1, -0.05) is 32.6 Å². The normalized spacial score (nSPS) is 17.1. The molecule has 1 nitrogen and oxygen atoms in total. The minimum absolute atomic E-state index is 0.562. The summed E-state index contributed by atoms with van der Waals surface area (Å²) < 4.78 is 0. The van der Waals surface area contributed by atoms with Crippen LogP contribution in [0.25, 0.3) is 0 Å². The lowest BCUT2D eigenvalue weighted by Gasteiger charge is -2.15. The predicted molar refractivity (Wildman–Crippen MR) is 49.0 cm³/mol. The molecule has 0 heterocycles. The zero-order valence-electron chi connectivity index (χ0n) is 7.19. The van der Waals surface area contributed by atoms with Crippen LogP contribution in [0.4, 0.5) is 0 Å². The van der Waals surface area contributed by atoms with E-state index in [0.717, 1.165) is 23.1 Å². The van der Waals surface area contributed by atoms with Crippen molar-refractivity contribution in [2.75, 3.05) is 0 Å². The Morgan fingerprint density at radius 1 is 1.40 bits per heavy atom. The molecule has 0 saturated carbocycles. The average molecular weight is 159 g/mol. The Hall–Kier alpha value is 0.177. The predicted octanol–water partition coefficient (Wildman–Crippen LogP) is 0.845. The highest BCUT2D eigenvalue weighted by Gasteiger charge is 2.10. The molecule has 0 aromatic carbocycles. The number of hydrogen-bond acceptors (Lipinski definition) is 1. The van der Waals surface area contributed by atoms with Crippen LogP contribution in [0.5, 0.6) is 0 Å². The highest BCUT2D eigenvalue weighted by atomic mass is 28.1. The first-order valence-electron chi connectivity index (χ1n) is 4.14. The molecule has 0 aliphatic carbocycles. The Morgan fingerprint density at radius 2 is 2.00 bits per heavy atom. The van der Waals surface area contributed by atoms with Crippen molar-refractivity contribution in [1.29, 1.82) is 0 Å². The van der Waals surface area contributed by atoms with Crippen molar-refractivity contribution in [2.45, 2.75) is 44.3 Å². The van der Waals surface area contributed by atoms with Gasteiger partial charge >= 0.3 is 0 Å². The maximum absolute atomic E-state index is 9.27. The van der Waals surface area contributed by atoms with E-state index in [1.54, 1.807) is 0 Å². The first kappa shape index (κ1) is 10.2. The monoisotopic (exact) mass is 159 g/mol. The summed E-state index contributed by atoms with van der Waals surface area (Å²) in [6.45, 7) is 5.88. The number of aliphatic hydroxyl groups is 1. The Morgan fingerprint density at radius 3 is 2.40 bits per heavy atom. The third kappa shape index (κ3) is 8.18. The van der Waals surface area contributed by atoms with Crippen molar-refractivity contribution in [1.82, 2.24) is 0 Å². The summed E-state index contributed by atoms with van der Waals surface area (Å²) in [7, 11) is 0.791. The molecule has 0 aliphatic heterocycles. The van der Waals surface area contributed by atoms with Crippen molar-refractivity contribution >= 4 is 10.2 Å². The second kappa shape index (κ2) is 4.91. The van der Waals surface area contributed by atoms with Crippen molar-refractivity contribution < 1.29 is 5.11 Å². The summed E-state index contributed by atoms with van der Waals surface area (Å²) in [6.07, 6.45) is 5.82. The van der Waals surface area contributed by atoms with E-state index < -0.39 is 5.22 Å². The van der Waals surface area contributed by atoms with Gasteiger partial charge in [0.25, 0.3) is 0 Å². The molecule has 2 heteroatoms. The van der Waals surface area contributed by atoms with E-state index in [1.807, 2.05) is 0 Å². The van der Waals surface area contributed by atoms with E-state index in [2.05, 4.69) is 13.8 Å². The Labute approximate surface area is 67.3 Å². The van der Waals surface area contributed by atoms with Crippen LogP contribution >= 0.6 is 0 Å². The van der Waals surface area contributed by atoms with E-state index in [1.165, 1.54) is 19.3 Å². The summed E-state index contributed by atoms with van der Waals surface area (Å²) in [6, 6.07) is 0.